The quantitative estimate of drug-likeness (QED) is 0.810. The summed E-state index contributed by atoms with van der Waals surface area (Å²) < 4.78 is 10.8. The molecule has 0 aromatic carbocycles. The van der Waals surface area contributed by atoms with E-state index in [-0.39, 0.29) is 0 Å². The molecule has 1 aromatic heterocycles. The Labute approximate surface area is 130 Å². The van der Waals surface area contributed by atoms with Gasteiger partial charge in [-0.2, -0.15) is 4.98 Å². The molecule has 0 amide bonds. The highest BCUT2D eigenvalue weighted by atomic mass is 16.5. The molecule has 0 radical (unpaired) electrons. The fourth-order valence-electron chi connectivity index (χ4n) is 4.16. The third-order valence-electron chi connectivity index (χ3n) is 5.74. The Morgan fingerprint density at radius 2 is 1.55 bits per heavy atom. The van der Waals surface area contributed by atoms with Gasteiger partial charge in [0.25, 0.3) is 0 Å². The van der Waals surface area contributed by atoms with Crippen molar-refractivity contribution in [2.24, 2.45) is 10.8 Å². The predicted molar refractivity (Wildman–Crippen MR) is 82.2 cm³/mol. The topological polar surface area (TPSA) is 50.7 Å². The molecule has 4 saturated heterocycles. The highest BCUT2D eigenvalue weighted by Crippen LogP contribution is 2.40. The first-order valence-corrected chi connectivity index (χ1v) is 8.25. The van der Waals surface area contributed by atoms with Gasteiger partial charge in [-0.05, 0) is 18.9 Å². The molecule has 0 aliphatic carbocycles. The van der Waals surface area contributed by atoms with Crippen molar-refractivity contribution in [2.45, 2.75) is 12.8 Å². The fourth-order valence-corrected chi connectivity index (χ4v) is 4.16. The number of ether oxygens (including phenoxy) is 2. The third-order valence-corrected chi connectivity index (χ3v) is 5.74. The molecule has 2 spiro atoms. The van der Waals surface area contributed by atoms with Crippen molar-refractivity contribution in [1.29, 1.82) is 0 Å². The van der Waals surface area contributed by atoms with E-state index in [2.05, 4.69) is 14.8 Å². The Morgan fingerprint density at radius 3 is 2.14 bits per heavy atom. The Hall–Kier alpha value is -1.40. The van der Waals surface area contributed by atoms with E-state index in [1.54, 1.807) is 0 Å². The van der Waals surface area contributed by atoms with Crippen LogP contribution in [0.3, 0.4) is 0 Å². The molecular weight excluding hydrogens is 280 g/mol. The van der Waals surface area contributed by atoms with Crippen molar-refractivity contribution in [3.63, 3.8) is 0 Å². The average molecular weight is 302 g/mol. The SMILES string of the molecule is c1cc(N2CCC3(COC3)C2)nc(N2CCC3(COC3)C2)n1. The zero-order valence-electron chi connectivity index (χ0n) is 12.8. The van der Waals surface area contributed by atoms with E-state index < -0.39 is 0 Å². The third kappa shape index (κ3) is 1.93. The average Bonchev–Trinajstić information content (AvgIpc) is 3.12. The van der Waals surface area contributed by atoms with E-state index in [1.165, 1.54) is 12.8 Å². The summed E-state index contributed by atoms with van der Waals surface area (Å²) in [6, 6.07) is 2.04. The van der Waals surface area contributed by atoms with Gasteiger partial charge < -0.3 is 19.3 Å². The van der Waals surface area contributed by atoms with Gasteiger partial charge in [-0.3, -0.25) is 0 Å². The molecule has 118 valence electrons. The molecule has 4 fully saturated rings. The van der Waals surface area contributed by atoms with Gasteiger partial charge in [0.05, 0.1) is 26.4 Å². The van der Waals surface area contributed by atoms with Crippen LogP contribution in [-0.2, 0) is 9.47 Å². The van der Waals surface area contributed by atoms with Gasteiger partial charge in [0.1, 0.15) is 5.82 Å². The molecule has 4 aliphatic heterocycles. The van der Waals surface area contributed by atoms with Crippen molar-refractivity contribution in [2.75, 3.05) is 62.4 Å². The van der Waals surface area contributed by atoms with Crippen LogP contribution in [-0.4, -0.2) is 62.6 Å². The minimum atomic E-state index is 0.375. The maximum atomic E-state index is 5.41. The van der Waals surface area contributed by atoms with Crippen LogP contribution in [0.5, 0.6) is 0 Å². The molecule has 6 nitrogen and oxygen atoms in total. The summed E-state index contributed by atoms with van der Waals surface area (Å²) in [6.07, 6.45) is 4.32. The molecule has 6 heteroatoms. The summed E-state index contributed by atoms with van der Waals surface area (Å²) in [6.45, 7) is 7.86. The van der Waals surface area contributed by atoms with Gasteiger partial charge in [-0.1, -0.05) is 0 Å². The first-order valence-electron chi connectivity index (χ1n) is 8.25. The smallest absolute Gasteiger partial charge is 0.227 e. The summed E-state index contributed by atoms with van der Waals surface area (Å²) >= 11 is 0. The van der Waals surface area contributed by atoms with E-state index in [0.717, 1.165) is 64.4 Å². The van der Waals surface area contributed by atoms with E-state index in [9.17, 15) is 0 Å². The van der Waals surface area contributed by atoms with E-state index >= 15 is 0 Å². The van der Waals surface area contributed by atoms with Crippen LogP contribution in [0.4, 0.5) is 11.8 Å². The van der Waals surface area contributed by atoms with Crippen molar-refractivity contribution in [3.8, 4) is 0 Å². The molecule has 1 aromatic rings. The van der Waals surface area contributed by atoms with Gasteiger partial charge in [0.2, 0.25) is 5.95 Å². The molecule has 0 saturated carbocycles. The lowest BCUT2D eigenvalue weighted by Crippen LogP contribution is -2.45. The second kappa shape index (κ2) is 4.55. The number of anilines is 2. The molecule has 5 heterocycles. The predicted octanol–water partition coefficient (Wildman–Crippen LogP) is 0.930. The second-order valence-electron chi connectivity index (χ2n) is 7.54. The van der Waals surface area contributed by atoms with Crippen LogP contribution in [0.15, 0.2) is 12.3 Å². The molecule has 0 bridgehead atoms. The van der Waals surface area contributed by atoms with Crippen LogP contribution in [0.25, 0.3) is 0 Å². The molecule has 22 heavy (non-hydrogen) atoms. The Morgan fingerprint density at radius 1 is 0.909 bits per heavy atom. The van der Waals surface area contributed by atoms with Crippen LogP contribution in [0.1, 0.15) is 12.8 Å². The highest BCUT2D eigenvalue weighted by molar-refractivity contribution is 5.46. The lowest BCUT2D eigenvalue weighted by Gasteiger charge is -2.38. The van der Waals surface area contributed by atoms with Crippen molar-refractivity contribution in [3.05, 3.63) is 12.3 Å². The zero-order chi connectivity index (χ0) is 14.6. The molecule has 0 atom stereocenters. The largest absolute Gasteiger partial charge is 0.380 e. The summed E-state index contributed by atoms with van der Waals surface area (Å²) in [7, 11) is 0. The summed E-state index contributed by atoms with van der Waals surface area (Å²) in [5, 5.41) is 0. The first kappa shape index (κ1) is 13.1. The van der Waals surface area contributed by atoms with Gasteiger partial charge in [-0.15, -0.1) is 0 Å². The Balaban J connectivity index is 1.33. The normalized spacial score (nSPS) is 28.2. The van der Waals surface area contributed by atoms with E-state index in [1.807, 2.05) is 12.3 Å². The van der Waals surface area contributed by atoms with Gasteiger partial charge in [0.15, 0.2) is 0 Å². The van der Waals surface area contributed by atoms with E-state index in [0.29, 0.717) is 10.8 Å². The first-order chi connectivity index (χ1) is 10.8. The second-order valence-corrected chi connectivity index (χ2v) is 7.54. The van der Waals surface area contributed by atoms with Crippen LogP contribution in [0, 0.1) is 10.8 Å². The lowest BCUT2D eigenvalue weighted by molar-refractivity contribution is -0.0986. The maximum Gasteiger partial charge on any atom is 0.227 e. The Kier molecular flexibility index (Phi) is 2.71. The molecule has 5 rings (SSSR count). The molecule has 0 unspecified atom stereocenters. The number of hydrogen-bond donors (Lipinski definition) is 0. The number of nitrogens with zero attached hydrogens (tertiary/aromatic N) is 4. The summed E-state index contributed by atoms with van der Waals surface area (Å²) in [5.41, 5.74) is 0.770. The summed E-state index contributed by atoms with van der Waals surface area (Å²) in [4.78, 5) is 14.1. The van der Waals surface area contributed by atoms with Crippen LogP contribution in [0.2, 0.25) is 0 Å². The minimum Gasteiger partial charge on any atom is -0.380 e. The number of aromatic nitrogens is 2. The van der Waals surface area contributed by atoms with Crippen molar-refractivity contribution >= 4 is 11.8 Å². The van der Waals surface area contributed by atoms with Crippen molar-refractivity contribution in [1.82, 2.24) is 9.97 Å². The van der Waals surface area contributed by atoms with Crippen LogP contribution < -0.4 is 9.80 Å². The standard InChI is InChI=1S/C16H22N4O2/c1-4-17-14(20-6-3-16(8-20)11-22-12-16)18-13(1)19-5-2-15(7-19)9-21-10-15/h1,4H,2-3,5-12H2. The minimum absolute atomic E-state index is 0.375. The summed E-state index contributed by atoms with van der Waals surface area (Å²) in [5.74, 6) is 1.95. The van der Waals surface area contributed by atoms with E-state index in [4.69, 9.17) is 14.5 Å². The monoisotopic (exact) mass is 302 g/mol. The highest BCUT2D eigenvalue weighted by Gasteiger charge is 2.46. The zero-order valence-corrected chi connectivity index (χ0v) is 12.8. The van der Waals surface area contributed by atoms with Crippen molar-refractivity contribution < 1.29 is 9.47 Å². The maximum absolute atomic E-state index is 5.41. The Bertz CT molecular complexity index is 538. The number of hydrogen-bond acceptors (Lipinski definition) is 6. The van der Waals surface area contributed by atoms with Crippen LogP contribution >= 0.6 is 0 Å². The molecule has 0 N–H and O–H groups in total. The molecular formula is C16H22N4O2. The molecule has 4 aliphatic rings. The van der Waals surface area contributed by atoms with Gasteiger partial charge >= 0.3 is 0 Å². The lowest BCUT2D eigenvalue weighted by atomic mass is 9.85. The van der Waals surface area contributed by atoms with Gasteiger partial charge in [-0.25, -0.2) is 4.98 Å². The fraction of sp³-hybridized carbons (Fsp3) is 0.750. The van der Waals surface area contributed by atoms with Gasteiger partial charge in [0, 0.05) is 43.2 Å². The number of rotatable bonds is 2.